The summed E-state index contributed by atoms with van der Waals surface area (Å²) in [6.45, 7) is 0. The number of benzene rings is 1. The number of aromatic nitrogens is 2. The third-order valence-corrected chi connectivity index (χ3v) is 1.98. The van der Waals surface area contributed by atoms with Gasteiger partial charge in [0.05, 0.1) is 0 Å². The van der Waals surface area contributed by atoms with Crippen molar-refractivity contribution in [1.82, 2.24) is 15.2 Å². The van der Waals surface area contributed by atoms with Crippen molar-refractivity contribution >= 4 is 6.09 Å². The standard InChI is InChI=1S/C10H9FN4O2/c11-7-3-1-2-4-8(7)15-6-5-9(14-15)17-10(16)13-12/h1-6H,12H2,(H,13,16). The fraction of sp³-hybridized carbons (Fsp3) is 0. The molecule has 0 atom stereocenters. The van der Waals surface area contributed by atoms with Gasteiger partial charge in [-0.05, 0) is 12.1 Å². The van der Waals surface area contributed by atoms with Crippen LogP contribution in [-0.4, -0.2) is 15.9 Å². The van der Waals surface area contributed by atoms with Crippen LogP contribution in [0.4, 0.5) is 9.18 Å². The Morgan fingerprint density at radius 2 is 2.18 bits per heavy atom. The minimum Gasteiger partial charge on any atom is -0.389 e. The minimum absolute atomic E-state index is 0.0243. The summed E-state index contributed by atoms with van der Waals surface area (Å²) in [4.78, 5) is 10.8. The highest BCUT2D eigenvalue weighted by molar-refractivity contribution is 5.68. The van der Waals surface area contributed by atoms with E-state index in [1.165, 1.54) is 23.0 Å². The van der Waals surface area contributed by atoms with Crippen LogP contribution in [-0.2, 0) is 0 Å². The van der Waals surface area contributed by atoms with E-state index >= 15 is 0 Å². The average Bonchev–Trinajstić information content (AvgIpc) is 2.78. The van der Waals surface area contributed by atoms with Crippen molar-refractivity contribution < 1.29 is 13.9 Å². The maximum absolute atomic E-state index is 13.4. The Labute approximate surface area is 95.8 Å². The fourth-order valence-electron chi connectivity index (χ4n) is 1.26. The number of nitrogens with two attached hydrogens (primary N) is 1. The maximum Gasteiger partial charge on any atom is 0.428 e. The summed E-state index contributed by atoms with van der Waals surface area (Å²) in [5.41, 5.74) is 2.05. The number of carbonyl (C=O) groups excluding carboxylic acids is 1. The molecular weight excluding hydrogens is 227 g/mol. The van der Waals surface area contributed by atoms with Gasteiger partial charge >= 0.3 is 6.09 Å². The molecule has 0 spiro atoms. The first-order chi connectivity index (χ1) is 8.20. The molecule has 1 amide bonds. The van der Waals surface area contributed by atoms with E-state index in [-0.39, 0.29) is 11.6 Å². The van der Waals surface area contributed by atoms with Gasteiger partial charge in [-0.3, -0.25) is 5.43 Å². The van der Waals surface area contributed by atoms with Gasteiger partial charge in [0.25, 0.3) is 0 Å². The number of rotatable bonds is 2. The number of nitrogens with one attached hydrogen (secondary N) is 1. The third-order valence-electron chi connectivity index (χ3n) is 1.98. The Hall–Kier alpha value is -2.41. The number of ether oxygens (including phenoxy) is 1. The lowest BCUT2D eigenvalue weighted by molar-refractivity contribution is 0.198. The van der Waals surface area contributed by atoms with Gasteiger partial charge in [-0.2, -0.15) is 0 Å². The van der Waals surface area contributed by atoms with Crippen molar-refractivity contribution in [3.63, 3.8) is 0 Å². The molecule has 0 aliphatic heterocycles. The summed E-state index contributed by atoms with van der Waals surface area (Å²) in [5.74, 6) is 4.44. The Balaban J connectivity index is 2.24. The van der Waals surface area contributed by atoms with Gasteiger partial charge in [-0.15, -0.1) is 5.10 Å². The molecule has 2 aromatic rings. The first-order valence-electron chi connectivity index (χ1n) is 4.69. The van der Waals surface area contributed by atoms with E-state index < -0.39 is 11.9 Å². The molecule has 0 saturated heterocycles. The Morgan fingerprint density at radius 3 is 2.88 bits per heavy atom. The molecule has 0 fully saturated rings. The summed E-state index contributed by atoms with van der Waals surface area (Å²) < 4.78 is 19.3. The monoisotopic (exact) mass is 236 g/mol. The molecule has 0 aliphatic rings. The Bertz CT molecular complexity index is 541. The van der Waals surface area contributed by atoms with Crippen LogP contribution in [0.2, 0.25) is 0 Å². The van der Waals surface area contributed by atoms with E-state index in [1.807, 2.05) is 0 Å². The molecule has 3 N–H and O–H groups in total. The zero-order valence-corrected chi connectivity index (χ0v) is 8.63. The van der Waals surface area contributed by atoms with E-state index in [1.54, 1.807) is 23.6 Å². The van der Waals surface area contributed by atoms with Crippen LogP contribution in [0, 0.1) is 5.82 Å². The molecule has 0 unspecified atom stereocenters. The molecule has 17 heavy (non-hydrogen) atoms. The lowest BCUT2D eigenvalue weighted by atomic mass is 10.3. The predicted molar refractivity (Wildman–Crippen MR) is 56.9 cm³/mol. The highest BCUT2D eigenvalue weighted by Crippen LogP contribution is 2.14. The van der Waals surface area contributed by atoms with Crippen molar-refractivity contribution in [3.05, 3.63) is 42.3 Å². The second-order valence-electron chi connectivity index (χ2n) is 3.08. The topological polar surface area (TPSA) is 82.2 Å². The third kappa shape index (κ3) is 2.40. The molecule has 6 nitrogen and oxygen atoms in total. The van der Waals surface area contributed by atoms with E-state index in [0.29, 0.717) is 0 Å². The van der Waals surface area contributed by atoms with E-state index in [2.05, 4.69) is 9.84 Å². The zero-order chi connectivity index (χ0) is 12.3. The maximum atomic E-state index is 13.4. The number of carbonyl (C=O) groups is 1. The molecule has 0 bridgehead atoms. The van der Waals surface area contributed by atoms with Gasteiger partial charge in [0.15, 0.2) is 0 Å². The molecule has 1 heterocycles. The van der Waals surface area contributed by atoms with E-state index in [9.17, 15) is 9.18 Å². The van der Waals surface area contributed by atoms with Crippen molar-refractivity contribution in [2.24, 2.45) is 5.84 Å². The number of hydrogen-bond acceptors (Lipinski definition) is 4. The first kappa shape index (κ1) is 11.1. The number of nitrogens with zero attached hydrogens (tertiary/aromatic N) is 2. The van der Waals surface area contributed by atoms with Gasteiger partial charge in [0.2, 0.25) is 5.88 Å². The summed E-state index contributed by atoms with van der Waals surface area (Å²) in [5, 5.41) is 3.87. The van der Waals surface area contributed by atoms with Crippen LogP contribution < -0.4 is 16.0 Å². The van der Waals surface area contributed by atoms with Gasteiger partial charge in [0.1, 0.15) is 11.5 Å². The number of amides is 1. The van der Waals surface area contributed by atoms with Crippen LogP contribution >= 0.6 is 0 Å². The van der Waals surface area contributed by atoms with Crippen molar-refractivity contribution in [2.45, 2.75) is 0 Å². The quantitative estimate of drug-likeness (QED) is 0.462. The molecule has 0 saturated carbocycles. The van der Waals surface area contributed by atoms with Crippen LogP contribution in [0.1, 0.15) is 0 Å². The lowest BCUT2D eigenvalue weighted by Crippen LogP contribution is -2.32. The van der Waals surface area contributed by atoms with Gasteiger partial charge in [0, 0.05) is 12.3 Å². The van der Waals surface area contributed by atoms with E-state index in [4.69, 9.17) is 5.84 Å². The smallest absolute Gasteiger partial charge is 0.389 e. The second kappa shape index (κ2) is 4.62. The fourth-order valence-corrected chi connectivity index (χ4v) is 1.26. The van der Waals surface area contributed by atoms with Crippen molar-refractivity contribution in [3.8, 4) is 11.6 Å². The number of para-hydroxylation sites is 1. The van der Waals surface area contributed by atoms with E-state index in [0.717, 1.165) is 0 Å². The van der Waals surface area contributed by atoms with Gasteiger partial charge in [-0.25, -0.2) is 19.7 Å². The van der Waals surface area contributed by atoms with Gasteiger partial charge < -0.3 is 4.74 Å². The summed E-state index contributed by atoms with van der Waals surface area (Å²) >= 11 is 0. The average molecular weight is 236 g/mol. The molecule has 2 rings (SSSR count). The second-order valence-corrected chi connectivity index (χ2v) is 3.08. The molecular formula is C10H9FN4O2. The highest BCUT2D eigenvalue weighted by Gasteiger charge is 2.08. The number of hydrazine groups is 1. The number of halogens is 1. The Kier molecular flexibility index (Phi) is 3.01. The highest BCUT2D eigenvalue weighted by atomic mass is 19.1. The zero-order valence-electron chi connectivity index (χ0n) is 8.63. The molecule has 0 radical (unpaired) electrons. The van der Waals surface area contributed by atoms with Crippen LogP contribution in [0.5, 0.6) is 5.88 Å². The number of hydrogen-bond donors (Lipinski definition) is 2. The SMILES string of the molecule is NNC(=O)Oc1ccn(-c2ccccc2F)n1. The molecule has 7 heteroatoms. The summed E-state index contributed by atoms with van der Waals surface area (Å²) in [6.07, 6.45) is 0.626. The van der Waals surface area contributed by atoms with Crippen LogP contribution in [0.25, 0.3) is 5.69 Å². The van der Waals surface area contributed by atoms with Crippen molar-refractivity contribution in [2.75, 3.05) is 0 Å². The Morgan fingerprint density at radius 1 is 1.41 bits per heavy atom. The normalized spacial score (nSPS) is 10.0. The first-order valence-corrected chi connectivity index (χ1v) is 4.69. The molecule has 1 aromatic heterocycles. The predicted octanol–water partition coefficient (Wildman–Crippen LogP) is 0.973. The summed E-state index contributed by atoms with van der Waals surface area (Å²) in [7, 11) is 0. The molecule has 0 aliphatic carbocycles. The van der Waals surface area contributed by atoms with Gasteiger partial charge in [-0.1, -0.05) is 12.1 Å². The lowest BCUT2D eigenvalue weighted by Gasteiger charge is -2.02. The van der Waals surface area contributed by atoms with Crippen LogP contribution in [0.15, 0.2) is 36.5 Å². The largest absolute Gasteiger partial charge is 0.428 e. The minimum atomic E-state index is -0.844. The van der Waals surface area contributed by atoms with Crippen molar-refractivity contribution in [1.29, 1.82) is 0 Å². The molecule has 1 aromatic carbocycles. The summed E-state index contributed by atoms with van der Waals surface area (Å²) in [6, 6.07) is 7.52. The molecule has 88 valence electrons. The van der Waals surface area contributed by atoms with Crippen LogP contribution in [0.3, 0.4) is 0 Å².